The lowest BCUT2D eigenvalue weighted by Crippen LogP contribution is -2.24. The number of ether oxygens (including phenoxy) is 1. The normalized spacial score (nSPS) is 10.1. The average molecular weight is 285 g/mol. The van der Waals surface area contributed by atoms with Gasteiger partial charge in [-0.15, -0.1) is 0 Å². The van der Waals surface area contributed by atoms with E-state index in [9.17, 15) is 14.7 Å². The second-order valence-corrected chi connectivity index (χ2v) is 4.36. The standard InChI is InChI=1S/C16H15NO4/c1-2-9-21-16(20)17-10-11-7-8-14(15(18)19)13-6-4-3-5-12(11)13/h2-8H,1,9-10H2,(H,17,20)(H,18,19). The predicted molar refractivity (Wildman–Crippen MR) is 79.3 cm³/mol. The largest absolute Gasteiger partial charge is 0.478 e. The number of amides is 1. The van der Waals surface area contributed by atoms with Gasteiger partial charge in [-0.1, -0.05) is 43.0 Å². The fourth-order valence-electron chi connectivity index (χ4n) is 2.06. The van der Waals surface area contributed by atoms with Crippen LogP contribution in [0.2, 0.25) is 0 Å². The Balaban J connectivity index is 2.25. The van der Waals surface area contributed by atoms with Gasteiger partial charge < -0.3 is 15.2 Å². The number of carboxylic acids is 1. The first kappa shape index (κ1) is 14.6. The maximum Gasteiger partial charge on any atom is 0.407 e. The van der Waals surface area contributed by atoms with Crippen LogP contribution in [0.5, 0.6) is 0 Å². The Kier molecular flexibility index (Phi) is 4.56. The Morgan fingerprint density at radius 1 is 1.19 bits per heavy atom. The molecule has 0 aliphatic rings. The third kappa shape index (κ3) is 3.39. The van der Waals surface area contributed by atoms with E-state index in [0.717, 1.165) is 10.9 Å². The Morgan fingerprint density at radius 2 is 1.90 bits per heavy atom. The van der Waals surface area contributed by atoms with Crippen LogP contribution >= 0.6 is 0 Å². The zero-order valence-corrected chi connectivity index (χ0v) is 11.3. The Labute approximate surface area is 121 Å². The number of fused-ring (bicyclic) bond motifs is 1. The van der Waals surface area contributed by atoms with Gasteiger partial charge in [0.25, 0.3) is 0 Å². The number of carbonyl (C=O) groups is 2. The van der Waals surface area contributed by atoms with Crippen molar-refractivity contribution >= 4 is 22.8 Å². The Bertz CT molecular complexity index is 694. The highest BCUT2D eigenvalue weighted by Gasteiger charge is 2.11. The molecule has 2 N–H and O–H groups in total. The van der Waals surface area contributed by atoms with E-state index in [1.165, 1.54) is 12.1 Å². The summed E-state index contributed by atoms with van der Waals surface area (Å²) in [5, 5.41) is 13.2. The van der Waals surface area contributed by atoms with E-state index < -0.39 is 12.1 Å². The van der Waals surface area contributed by atoms with E-state index in [1.807, 2.05) is 12.1 Å². The van der Waals surface area contributed by atoms with Gasteiger partial charge in [-0.25, -0.2) is 9.59 Å². The van der Waals surface area contributed by atoms with Crippen LogP contribution in [0.15, 0.2) is 49.1 Å². The second kappa shape index (κ2) is 6.56. The number of rotatable bonds is 5. The summed E-state index contributed by atoms with van der Waals surface area (Å²) in [6.45, 7) is 3.86. The molecule has 2 aromatic rings. The van der Waals surface area contributed by atoms with E-state index in [1.54, 1.807) is 18.2 Å². The molecule has 0 heterocycles. The number of benzene rings is 2. The summed E-state index contributed by atoms with van der Waals surface area (Å²) in [6, 6.07) is 10.4. The van der Waals surface area contributed by atoms with Crippen molar-refractivity contribution < 1.29 is 19.4 Å². The second-order valence-electron chi connectivity index (χ2n) is 4.36. The minimum atomic E-state index is -0.976. The summed E-state index contributed by atoms with van der Waals surface area (Å²) >= 11 is 0. The summed E-state index contributed by atoms with van der Waals surface area (Å²) < 4.78 is 4.82. The highest BCUT2D eigenvalue weighted by atomic mass is 16.5. The fourth-order valence-corrected chi connectivity index (χ4v) is 2.06. The molecule has 0 bridgehead atoms. The zero-order chi connectivity index (χ0) is 15.2. The molecule has 0 saturated heterocycles. The van der Waals surface area contributed by atoms with Gasteiger partial charge in [-0.2, -0.15) is 0 Å². The Morgan fingerprint density at radius 3 is 2.57 bits per heavy atom. The third-order valence-electron chi connectivity index (χ3n) is 3.00. The van der Waals surface area contributed by atoms with Gasteiger partial charge in [-0.05, 0) is 22.4 Å². The summed E-state index contributed by atoms with van der Waals surface area (Å²) in [5.74, 6) is -0.976. The van der Waals surface area contributed by atoms with Crippen molar-refractivity contribution in [1.29, 1.82) is 0 Å². The number of nitrogens with one attached hydrogen (secondary N) is 1. The lowest BCUT2D eigenvalue weighted by Gasteiger charge is -2.10. The maximum atomic E-state index is 11.4. The van der Waals surface area contributed by atoms with E-state index in [2.05, 4.69) is 11.9 Å². The molecule has 1 amide bonds. The van der Waals surface area contributed by atoms with Crippen LogP contribution in [0.4, 0.5) is 4.79 Å². The molecule has 0 atom stereocenters. The number of alkyl carbamates (subject to hydrolysis) is 1. The van der Waals surface area contributed by atoms with Gasteiger partial charge >= 0.3 is 12.1 Å². The quantitative estimate of drug-likeness (QED) is 0.828. The molecule has 0 aliphatic heterocycles. The fraction of sp³-hybridized carbons (Fsp3) is 0.125. The molecule has 108 valence electrons. The monoisotopic (exact) mass is 285 g/mol. The van der Waals surface area contributed by atoms with Crippen molar-refractivity contribution in [3.8, 4) is 0 Å². The van der Waals surface area contributed by atoms with Crippen molar-refractivity contribution in [2.45, 2.75) is 6.54 Å². The molecule has 5 heteroatoms. The van der Waals surface area contributed by atoms with Gasteiger partial charge in [-0.3, -0.25) is 0 Å². The number of hydrogen-bond acceptors (Lipinski definition) is 3. The topological polar surface area (TPSA) is 75.6 Å². The maximum absolute atomic E-state index is 11.4. The molecular weight excluding hydrogens is 270 g/mol. The third-order valence-corrected chi connectivity index (χ3v) is 3.00. The minimum absolute atomic E-state index is 0.143. The molecule has 0 saturated carbocycles. The molecule has 21 heavy (non-hydrogen) atoms. The molecular formula is C16H15NO4. The van der Waals surface area contributed by atoms with Crippen molar-refractivity contribution in [2.75, 3.05) is 6.61 Å². The first-order chi connectivity index (χ1) is 10.1. The predicted octanol–water partition coefficient (Wildman–Crippen LogP) is 2.95. The van der Waals surface area contributed by atoms with Crippen LogP contribution in [0.1, 0.15) is 15.9 Å². The molecule has 5 nitrogen and oxygen atoms in total. The van der Waals surface area contributed by atoms with E-state index in [4.69, 9.17) is 4.74 Å². The van der Waals surface area contributed by atoms with Crippen LogP contribution < -0.4 is 5.32 Å². The molecule has 0 radical (unpaired) electrons. The van der Waals surface area contributed by atoms with Crippen molar-refractivity contribution in [3.63, 3.8) is 0 Å². The highest BCUT2D eigenvalue weighted by molar-refractivity contribution is 6.04. The molecule has 2 aromatic carbocycles. The average Bonchev–Trinajstić information content (AvgIpc) is 2.50. The zero-order valence-electron chi connectivity index (χ0n) is 11.3. The summed E-state index contributed by atoms with van der Waals surface area (Å²) in [7, 11) is 0. The lowest BCUT2D eigenvalue weighted by atomic mass is 9.99. The van der Waals surface area contributed by atoms with Gasteiger partial charge in [0.05, 0.1) is 5.56 Å². The Hall–Kier alpha value is -2.82. The van der Waals surface area contributed by atoms with Crippen LogP contribution in [0, 0.1) is 0 Å². The van der Waals surface area contributed by atoms with Crippen LogP contribution in [-0.4, -0.2) is 23.8 Å². The smallest absolute Gasteiger partial charge is 0.407 e. The molecule has 0 unspecified atom stereocenters. The number of carbonyl (C=O) groups excluding carboxylic acids is 1. The minimum Gasteiger partial charge on any atom is -0.478 e. The van der Waals surface area contributed by atoms with Crippen molar-refractivity contribution in [1.82, 2.24) is 5.32 Å². The molecule has 2 rings (SSSR count). The van der Waals surface area contributed by atoms with Crippen LogP contribution in [0.3, 0.4) is 0 Å². The SMILES string of the molecule is C=CCOC(=O)NCc1ccc(C(=O)O)c2ccccc12. The van der Waals surface area contributed by atoms with E-state index in [-0.39, 0.29) is 18.7 Å². The first-order valence-electron chi connectivity index (χ1n) is 6.39. The summed E-state index contributed by atoms with van der Waals surface area (Å²) in [5.41, 5.74) is 1.06. The van der Waals surface area contributed by atoms with Crippen molar-refractivity contribution in [2.24, 2.45) is 0 Å². The molecule has 0 fully saturated rings. The van der Waals surface area contributed by atoms with Gasteiger partial charge in [0.15, 0.2) is 0 Å². The molecule has 0 aromatic heterocycles. The van der Waals surface area contributed by atoms with Gasteiger partial charge in [0, 0.05) is 6.54 Å². The van der Waals surface area contributed by atoms with E-state index >= 15 is 0 Å². The van der Waals surface area contributed by atoms with E-state index in [0.29, 0.717) is 5.39 Å². The first-order valence-corrected chi connectivity index (χ1v) is 6.39. The highest BCUT2D eigenvalue weighted by Crippen LogP contribution is 2.23. The van der Waals surface area contributed by atoms with Crippen LogP contribution in [0.25, 0.3) is 10.8 Å². The number of aromatic carboxylic acids is 1. The summed E-state index contributed by atoms with van der Waals surface area (Å²) in [6.07, 6.45) is 0.942. The summed E-state index contributed by atoms with van der Waals surface area (Å²) in [4.78, 5) is 22.6. The van der Waals surface area contributed by atoms with Crippen molar-refractivity contribution in [3.05, 3.63) is 60.2 Å². The number of carboxylic acid groups (broad SMARTS) is 1. The number of hydrogen-bond donors (Lipinski definition) is 2. The lowest BCUT2D eigenvalue weighted by molar-refractivity contribution is 0.0699. The molecule has 0 spiro atoms. The van der Waals surface area contributed by atoms with Gasteiger partial charge in [0.1, 0.15) is 6.61 Å². The molecule has 0 aliphatic carbocycles. The van der Waals surface area contributed by atoms with Gasteiger partial charge in [0.2, 0.25) is 0 Å². The van der Waals surface area contributed by atoms with Crippen LogP contribution in [-0.2, 0) is 11.3 Å².